The molecule has 0 radical (unpaired) electrons. The number of rotatable bonds is 6. The fraction of sp³-hybridized carbons (Fsp3) is 0.278. The van der Waals surface area contributed by atoms with Crippen molar-refractivity contribution in [2.75, 3.05) is 13.2 Å². The van der Waals surface area contributed by atoms with Gasteiger partial charge >= 0.3 is 0 Å². The Labute approximate surface area is 150 Å². The Morgan fingerprint density at radius 3 is 2.88 bits per heavy atom. The quantitative estimate of drug-likeness (QED) is 0.485. The summed E-state index contributed by atoms with van der Waals surface area (Å²) in [6.45, 7) is 1.26. The van der Waals surface area contributed by atoms with E-state index in [2.05, 4.69) is 15.3 Å². The van der Waals surface area contributed by atoms with E-state index < -0.39 is 4.92 Å². The van der Waals surface area contributed by atoms with Gasteiger partial charge in [0.05, 0.1) is 11.0 Å². The standard InChI is InChI=1S/C18H18N4O4/c23-17(19-12-16-5-2-8-26-16)7-6-13-10-20-18(21-11-13)14-3-1-4-15(9-14)22(24)25/h1,3-4,6-7,9-11,16H,2,5,8,12H2,(H,19,23). The van der Waals surface area contributed by atoms with Gasteiger partial charge in [0.15, 0.2) is 5.82 Å². The van der Waals surface area contributed by atoms with Gasteiger partial charge in [-0.1, -0.05) is 12.1 Å². The van der Waals surface area contributed by atoms with E-state index in [0.29, 0.717) is 23.5 Å². The summed E-state index contributed by atoms with van der Waals surface area (Å²) in [5.74, 6) is 0.178. The molecule has 0 spiro atoms. The van der Waals surface area contributed by atoms with Gasteiger partial charge < -0.3 is 10.1 Å². The normalized spacial score (nSPS) is 16.7. The highest BCUT2D eigenvalue weighted by Crippen LogP contribution is 2.20. The smallest absolute Gasteiger partial charge is 0.270 e. The van der Waals surface area contributed by atoms with Crippen LogP contribution >= 0.6 is 0 Å². The molecule has 134 valence electrons. The van der Waals surface area contributed by atoms with E-state index in [9.17, 15) is 14.9 Å². The molecule has 1 unspecified atom stereocenters. The molecule has 1 aliphatic heterocycles. The van der Waals surface area contributed by atoms with E-state index in [0.717, 1.165) is 19.4 Å². The highest BCUT2D eigenvalue weighted by atomic mass is 16.6. The number of nitro groups is 1. The van der Waals surface area contributed by atoms with Gasteiger partial charge in [0.25, 0.3) is 5.69 Å². The van der Waals surface area contributed by atoms with Crippen molar-refractivity contribution in [3.8, 4) is 11.4 Å². The van der Waals surface area contributed by atoms with Crippen molar-refractivity contribution < 1.29 is 14.5 Å². The fourth-order valence-corrected chi connectivity index (χ4v) is 2.58. The predicted octanol–water partition coefficient (Wildman–Crippen LogP) is 2.36. The van der Waals surface area contributed by atoms with E-state index in [-0.39, 0.29) is 17.7 Å². The third-order valence-electron chi connectivity index (χ3n) is 3.94. The number of amides is 1. The second-order valence-electron chi connectivity index (χ2n) is 5.86. The summed E-state index contributed by atoms with van der Waals surface area (Å²) >= 11 is 0. The van der Waals surface area contributed by atoms with Crippen molar-refractivity contribution in [3.63, 3.8) is 0 Å². The molecule has 2 heterocycles. The molecule has 1 amide bonds. The molecule has 26 heavy (non-hydrogen) atoms. The zero-order chi connectivity index (χ0) is 18.4. The second-order valence-corrected chi connectivity index (χ2v) is 5.86. The fourth-order valence-electron chi connectivity index (χ4n) is 2.58. The van der Waals surface area contributed by atoms with Crippen LogP contribution in [0.3, 0.4) is 0 Å². The van der Waals surface area contributed by atoms with Crippen molar-refractivity contribution in [1.82, 2.24) is 15.3 Å². The van der Waals surface area contributed by atoms with E-state index in [1.165, 1.54) is 18.2 Å². The third-order valence-corrected chi connectivity index (χ3v) is 3.94. The molecule has 1 aliphatic rings. The van der Waals surface area contributed by atoms with Gasteiger partial charge in [-0.2, -0.15) is 0 Å². The Morgan fingerprint density at radius 1 is 1.38 bits per heavy atom. The Bertz CT molecular complexity index is 814. The summed E-state index contributed by atoms with van der Waals surface area (Å²) in [5.41, 5.74) is 1.20. The maximum atomic E-state index is 11.8. The van der Waals surface area contributed by atoms with Crippen LogP contribution in [0.1, 0.15) is 18.4 Å². The van der Waals surface area contributed by atoms with Crippen LogP contribution in [0.25, 0.3) is 17.5 Å². The zero-order valence-corrected chi connectivity index (χ0v) is 14.0. The molecule has 1 aromatic carbocycles. The minimum atomic E-state index is -0.462. The van der Waals surface area contributed by atoms with Crippen LogP contribution in [0.4, 0.5) is 5.69 Å². The minimum Gasteiger partial charge on any atom is -0.376 e. The van der Waals surface area contributed by atoms with Crippen LogP contribution in [0, 0.1) is 10.1 Å². The van der Waals surface area contributed by atoms with Crippen LogP contribution < -0.4 is 5.32 Å². The number of carbonyl (C=O) groups excluding carboxylic acids is 1. The van der Waals surface area contributed by atoms with Crippen molar-refractivity contribution in [1.29, 1.82) is 0 Å². The summed E-state index contributed by atoms with van der Waals surface area (Å²) in [4.78, 5) is 30.6. The van der Waals surface area contributed by atoms with Gasteiger partial charge in [0.2, 0.25) is 5.91 Å². The van der Waals surface area contributed by atoms with E-state index >= 15 is 0 Å². The molecular weight excluding hydrogens is 336 g/mol. The Hall–Kier alpha value is -3.13. The van der Waals surface area contributed by atoms with Gasteiger partial charge in [-0.05, 0) is 18.9 Å². The summed E-state index contributed by atoms with van der Waals surface area (Å²) in [5, 5.41) is 13.6. The maximum absolute atomic E-state index is 11.8. The first-order valence-electron chi connectivity index (χ1n) is 8.26. The first-order valence-corrected chi connectivity index (χ1v) is 8.26. The van der Waals surface area contributed by atoms with Crippen molar-refractivity contribution >= 4 is 17.7 Å². The summed E-state index contributed by atoms with van der Waals surface area (Å²) in [6, 6.07) is 6.12. The van der Waals surface area contributed by atoms with Gasteiger partial charge in [-0.15, -0.1) is 0 Å². The molecule has 8 heteroatoms. The minimum absolute atomic E-state index is 0.0158. The third kappa shape index (κ3) is 4.70. The summed E-state index contributed by atoms with van der Waals surface area (Å²) in [7, 11) is 0. The van der Waals surface area contributed by atoms with Gasteiger partial charge in [-0.3, -0.25) is 14.9 Å². The highest BCUT2D eigenvalue weighted by molar-refractivity contribution is 5.91. The largest absolute Gasteiger partial charge is 0.376 e. The number of ether oxygens (including phenoxy) is 1. The van der Waals surface area contributed by atoms with E-state index in [1.807, 2.05) is 0 Å². The van der Waals surface area contributed by atoms with Crippen molar-refractivity contribution in [2.45, 2.75) is 18.9 Å². The number of benzene rings is 1. The number of hydrogen-bond donors (Lipinski definition) is 1. The predicted molar refractivity (Wildman–Crippen MR) is 95.1 cm³/mol. The molecule has 8 nitrogen and oxygen atoms in total. The van der Waals surface area contributed by atoms with Gasteiger partial charge in [0, 0.05) is 54.9 Å². The van der Waals surface area contributed by atoms with Crippen molar-refractivity contribution in [3.05, 3.63) is 58.4 Å². The number of carbonyl (C=O) groups is 1. The molecular formula is C18H18N4O4. The first-order chi connectivity index (χ1) is 12.6. The average molecular weight is 354 g/mol. The SMILES string of the molecule is O=C(C=Cc1cnc(-c2cccc([N+](=O)[O-])c2)nc1)NCC1CCCO1. The molecule has 3 rings (SSSR count). The first kappa shape index (κ1) is 17.7. The monoisotopic (exact) mass is 354 g/mol. The lowest BCUT2D eigenvalue weighted by Crippen LogP contribution is -2.30. The zero-order valence-electron chi connectivity index (χ0n) is 14.0. The van der Waals surface area contributed by atoms with E-state index in [4.69, 9.17) is 4.74 Å². The van der Waals surface area contributed by atoms with Crippen LogP contribution in [0.5, 0.6) is 0 Å². The van der Waals surface area contributed by atoms with Crippen LogP contribution in [0.15, 0.2) is 42.7 Å². The number of nitrogens with zero attached hydrogens (tertiary/aromatic N) is 3. The average Bonchev–Trinajstić information content (AvgIpc) is 3.19. The van der Waals surface area contributed by atoms with E-state index in [1.54, 1.807) is 30.6 Å². The molecule has 1 fully saturated rings. The van der Waals surface area contributed by atoms with Gasteiger partial charge in [-0.25, -0.2) is 9.97 Å². The number of aromatic nitrogens is 2. The lowest BCUT2D eigenvalue weighted by Gasteiger charge is -2.08. The molecule has 1 atom stereocenters. The van der Waals surface area contributed by atoms with Gasteiger partial charge in [0.1, 0.15) is 0 Å². The number of nitrogens with one attached hydrogen (secondary N) is 1. The molecule has 0 saturated carbocycles. The lowest BCUT2D eigenvalue weighted by atomic mass is 10.2. The molecule has 2 aromatic rings. The Balaban J connectivity index is 1.59. The van der Waals surface area contributed by atoms with Crippen LogP contribution in [0.2, 0.25) is 0 Å². The Kier molecular flexibility index (Phi) is 5.65. The molecule has 1 aromatic heterocycles. The number of nitro benzene ring substituents is 1. The second kappa shape index (κ2) is 8.30. The van der Waals surface area contributed by atoms with Crippen molar-refractivity contribution in [2.24, 2.45) is 0 Å². The van der Waals surface area contributed by atoms with Crippen LogP contribution in [-0.4, -0.2) is 40.1 Å². The number of non-ortho nitro benzene ring substituents is 1. The molecule has 0 bridgehead atoms. The summed E-state index contributed by atoms with van der Waals surface area (Å²) < 4.78 is 5.44. The highest BCUT2D eigenvalue weighted by Gasteiger charge is 2.15. The molecule has 0 aliphatic carbocycles. The maximum Gasteiger partial charge on any atom is 0.270 e. The summed E-state index contributed by atoms with van der Waals surface area (Å²) in [6.07, 6.45) is 8.25. The lowest BCUT2D eigenvalue weighted by molar-refractivity contribution is -0.384. The molecule has 1 saturated heterocycles. The topological polar surface area (TPSA) is 107 Å². The number of hydrogen-bond acceptors (Lipinski definition) is 6. The Morgan fingerprint density at radius 2 is 2.19 bits per heavy atom. The molecule has 1 N–H and O–H groups in total. The van der Waals surface area contributed by atoms with Crippen LogP contribution in [-0.2, 0) is 9.53 Å².